The number of hydrogen-bond acceptors (Lipinski definition) is 2. The number of carbonyl (C=O) groups excluding carboxylic acids is 1. The molecule has 0 unspecified atom stereocenters. The third-order valence-corrected chi connectivity index (χ3v) is 2.23. The zero-order valence-corrected chi connectivity index (χ0v) is 9.29. The van der Waals surface area contributed by atoms with Gasteiger partial charge in [-0.25, -0.2) is 0 Å². The van der Waals surface area contributed by atoms with E-state index in [4.69, 9.17) is 0 Å². The highest BCUT2D eigenvalue weighted by molar-refractivity contribution is 5.82. The molecule has 0 fully saturated rings. The van der Waals surface area contributed by atoms with E-state index in [9.17, 15) is 4.79 Å². The Morgan fingerprint density at radius 3 is 2.80 bits per heavy atom. The first kappa shape index (κ1) is 11.7. The molecule has 0 aliphatic carbocycles. The highest BCUT2D eigenvalue weighted by atomic mass is 16.1. The maximum absolute atomic E-state index is 10.8. The van der Waals surface area contributed by atoms with Gasteiger partial charge in [0.1, 0.15) is 0 Å². The number of benzene rings is 1. The van der Waals surface area contributed by atoms with E-state index in [1.807, 2.05) is 38.2 Å². The van der Waals surface area contributed by atoms with Crippen LogP contribution in [0.15, 0.2) is 24.3 Å². The Labute approximate surface area is 91.0 Å². The lowest BCUT2D eigenvalue weighted by Crippen LogP contribution is -2.05. The van der Waals surface area contributed by atoms with E-state index in [2.05, 4.69) is 11.4 Å². The van der Waals surface area contributed by atoms with E-state index in [0.29, 0.717) is 0 Å². The molecule has 0 amide bonds. The van der Waals surface area contributed by atoms with E-state index in [1.165, 1.54) is 0 Å². The molecule has 0 aliphatic rings. The van der Waals surface area contributed by atoms with Gasteiger partial charge in [0.15, 0.2) is 6.29 Å². The van der Waals surface area contributed by atoms with E-state index < -0.39 is 0 Å². The van der Waals surface area contributed by atoms with Crippen LogP contribution in [0, 0.1) is 6.92 Å². The molecule has 0 heterocycles. The molecular weight excluding hydrogens is 186 g/mol. The summed E-state index contributed by atoms with van der Waals surface area (Å²) in [6, 6.07) is 5.91. The number of carbonyl (C=O) groups is 1. The molecule has 0 aliphatic heterocycles. The first-order valence-electron chi connectivity index (χ1n) is 5.15. The van der Waals surface area contributed by atoms with Crippen LogP contribution < -0.4 is 5.32 Å². The second kappa shape index (κ2) is 6.14. The fourth-order valence-electron chi connectivity index (χ4n) is 1.39. The lowest BCUT2D eigenvalue weighted by atomic mass is 10.0. The molecule has 0 radical (unpaired) electrons. The van der Waals surface area contributed by atoms with E-state index >= 15 is 0 Å². The Kier molecular flexibility index (Phi) is 4.78. The predicted molar refractivity (Wildman–Crippen MR) is 64.1 cm³/mol. The number of rotatable bonds is 5. The van der Waals surface area contributed by atoms with Gasteiger partial charge in [-0.15, -0.1) is 0 Å². The number of hydrogen-bond donors (Lipinski definition) is 1. The Hall–Kier alpha value is -1.41. The van der Waals surface area contributed by atoms with Crippen LogP contribution in [0.1, 0.15) is 27.9 Å². The standard InChI is InChI=1S/C13H17NO/c1-11-6-7-12(13(9-11)10-15)5-3-4-8-14-2/h3,5-7,9-10,14H,4,8H2,1-2H3. The normalized spacial score (nSPS) is 10.8. The summed E-state index contributed by atoms with van der Waals surface area (Å²) in [5, 5.41) is 3.07. The molecule has 0 aromatic heterocycles. The Balaban J connectivity index is 2.75. The second-order valence-electron chi connectivity index (χ2n) is 3.54. The highest BCUT2D eigenvalue weighted by Gasteiger charge is 1.97. The molecule has 80 valence electrons. The van der Waals surface area contributed by atoms with Crippen molar-refractivity contribution in [2.75, 3.05) is 13.6 Å². The lowest BCUT2D eigenvalue weighted by Gasteiger charge is -2.00. The fraction of sp³-hybridized carbons (Fsp3) is 0.308. The van der Waals surface area contributed by atoms with Gasteiger partial charge in [0.05, 0.1) is 0 Å². The average molecular weight is 203 g/mol. The molecule has 1 aromatic carbocycles. The van der Waals surface area contributed by atoms with Crippen molar-refractivity contribution in [1.29, 1.82) is 0 Å². The molecule has 0 bridgehead atoms. The van der Waals surface area contributed by atoms with Crippen molar-refractivity contribution < 1.29 is 4.79 Å². The lowest BCUT2D eigenvalue weighted by molar-refractivity contribution is 0.112. The smallest absolute Gasteiger partial charge is 0.150 e. The predicted octanol–water partition coefficient (Wildman–Crippen LogP) is 2.43. The Bertz CT molecular complexity index is 356. The summed E-state index contributed by atoms with van der Waals surface area (Å²) in [4.78, 5) is 10.8. The second-order valence-corrected chi connectivity index (χ2v) is 3.54. The first-order valence-corrected chi connectivity index (χ1v) is 5.15. The van der Waals surface area contributed by atoms with Crippen LogP contribution in [-0.4, -0.2) is 19.9 Å². The van der Waals surface area contributed by atoms with Crippen LogP contribution in [-0.2, 0) is 0 Å². The van der Waals surface area contributed by atoms with Crippen molar-refractivity contribution in [2.45, 2.75) is 13.3 Å². The number of aryl methyl sites for hydroxylation is 1. The minimum atomic E-state index is 0.760. The van der Waals surface area contributed by atoms with Gasteiger partial charge in [-0.1, -0.05) is 29.8 Å². The quantitative estimate of drug-likeness (QED) is 0.588. The van der Waals surface area contributed by atoms with Crippen LogP contribution in [0.2, 0.25) is 0 Å². The van der Waals surface area contributed by atoms with Crippen LogP contribution in [0.4, 0.5) is 0 Å². The molecule has 0 saturated carbocycles. The Morgan fingerprint density at radius 2 is 2.13 bits per heavy atom. The third-order valence-electron chi connectivity index (χ3n) is 2.23. The van der Waals surface area contributed by atoms with Gasteiger partial charge in [-0.3, -0.25) is 4.79 Å². The molecule has 1 rings (SSSR count). The van der Waals surface area contributed by atoms with E-state index in [0.717, 1.165) is 35.9 Å². The molecular formula is C13H17NO. The summed E-state index contributed by atoms with van der Waals surface area (Å²) in [5.74, 6) is 0. The van der Waals surface area contributed by atoms with Crippen LogP contribution >= 0.6 is 0 Å². The zero-order valence-electron chi connectivity index (χ0n) is 9.29. The molecule has 0 spiro atoms. The van der Waals surface area contributed by atoms with Gasteiger partial charge in [-0.05, 0) is 38.6 Å². The van der Waals surface area contributed by atoms with Crippen LogP contribution in [0.5, 0.6) is 0 Å². The molecule has 2 nitrogen and oxygen atoms in total. The summed E-state index contributed by atoms with van der Waals surface area (Å²) in [7, 11) is 1.93. The monoisotopic (exact) mass is 203 g/mol. The van der Waals surface area contributed by atoms with Crippen molar-refractivity contribution in [3.05, 3.63) is 41.0 Å². The van der Waals surface area contributed by atoms with Gasteiger partial charge < -0.3 is 5.32 Å². The minimum absolute atomic E-state index is 0.760. The molecule has 0 saturated heterocycles. The fourth-order valence-corrected chi connectivity index (χ4v) is 1.39. The maximum atomic E-state index is 10.8. The maximum Gasteiger partial charge on any atom is 0.150 e. The minimum Gasteiger partial charge on any atom is -0.319 e. The summed E-state index contributed by atoms with van der Waals surface area (Å²) in [6.07, 6.45) is 5.96. The van der Waals surface area contributed by atoms with Gasteiger partial charge in [0.25, 0.3) is 0 Å². The molecule has 2 heteroatoms. The zero-order chi connectivity index (χ0) is 11.1. The third kappa shape index (κ3) is 3.68. The molecule has 1 aromatic rings. The summed E-state index contributed by atoms with van der Waals surface area (Å²) in [5.41, 5.74) is 2.87. The van der Waals surface area contributed by atoms with Gasteiger partial charge in [0, 0.05) is 5.56 Å². The summed E-state index contributed by atoms with van der Waals surface area (Å²) < 4.78 is 0. The van der Waals surface area contributed by atoms with Crippen LogP contribution in [0.3, 0.4) is 0 Å². The summed E-state index contributed by atoms with van der Waals surface area (Å²) >= 11 is 0. The van der Waals surface area contributed by atoms with Crippen molar-refractivity contribution in [1.82, 2.24) is 5.32 Å². The summed E-state index contributed by atoms with van der Waals surface area (Å²) in [6.45, 7) is 2.94. The number of aldehydes is 1. The molecule has 0 atom stereocenters. The SMILES string of the molecule is CNCCC=Cc1ccc(C)cc1C=O. The largest absolute Gasteiger partial charge is 0.319 e. The van der Waals surface area contributed by atoms with Gasteiger partial charge in [0.2, 0.25) is 0 Å². The molecule has 1 N–H and O–H groups in total. The van der Waals surface area contributed by atoms with E-state index in [1.54, 1.807) is 0 Å². The van der Waals surface area contributed by atoms with Crippen molar-refractivity contribution in [3.8, 4) is 0 Å². The highest BCUT2D eigenvalue weighted by Crippen LogP contribution is 2.11. The first-order chi connectivity index (χ1) is 7.27. The van der Waals surface area contributed by atoms with Crippen molar-refractivity contribution in [3.63, 3.8) is 0 Å². The Morgan fingerprint density at radius 1 is 1.33 bits per heavy atom. The van der Waals surface area contributed by atoms with Crippen LogP contribution in [0.25, 0.3) is 6.08 Å². The van der Waals surface area contributed by atoms with Crippen molar-refractivity contribution >= 4 is 12.4 Å². The van der Waals surface area contributed by atoms with Gasteiger partial charge in [-0.2, -0.15) is 0 Å². The average Bonchev–Trinajstić information content (AvgIpc) is 2.26. The van der Waals surface area contributed by atoms with E-state index in [-0.39, 0.29) is 0 Å². The molecule has 15 heavy (non-hydrogen) atoms. The van der Waals surface area contributed by atoms with Crippen molar-refractivity contribution in [2.24, 2.45) is 0 Å². The topological polar surface area (TPSA) is 29.1 Å². The van der Waals surface area contributed by atoms with Gasteiger partial charge >= 0.3 is 0 Å². The number of nitrogens with one attached hydrogen (secondary N) is 1.